The molecule has 3 atom stereocenters. The van der Waals surface area contributed by atoms with Crippen LogP contribution in [0.2, 0.25) is 0 Å². The lowest BCUT2D eigenvalue weighted by Crippen LogP contribution is -2.29. The monoisotopic (exact) mass is 763 g/mol. The lowest BCUT2D eigenvalue weighted by atomic mass is 9.81. The summed E-state index contributed by atoms with van der Waals surface area (Å²) in [6, 6.07) is 17.4. The number of amides is 2. The molecular weight excluding hydrogens is 701 g/mol. The van der Waals surface area contributed by atoms with Gasteiger partial charge in [0.15, 0.2) is 5.71 Å². The van der Waals surface area contributed by atoms with Gasteiger partial charge in [0.25, 0.3) is 0 Å². The average molecular weight is 764 g/mol. The lowest BCUT2D eigenvalue weighted by Gasteiger charge is -2.27. The highest BCUT2D eigenvalue weighted by Crippen LogP contribution is 2.52. The van der Waals surface area contributed by atoms with Crippen molar-refractivity contribution in [1.82, 2.24) is 10.6 Å². The summed E-state index contributed by atoms with van der Waals surface area (Å²) in [5.74, 6) is 8.30. The van der Waals surface area contributed by atoms with Gasteiger partial charge in [-0.2, -0.15) is 4.58 Å². The van der Waals surface area contributed by atoms with Crippen molar-refractivity contribution in [3.05, 3.63) is 83.6 Å². The minimum Gasteiger partial charge on any atom is -0.449 e. The number of carbonyl (C=O) groups is 2. The minimum atomic E-state index is -0.383. The molecule has 1 saturated carbocycles. The van der Waals surface area contributed by atoms with Crippen molar-refractivity contribution in [2.45, 2.75) is 89.9 Å². The highest BCUT2D eigenvalue weighted by molar-refractivity contribution is 6.03. The van der Waals surface area contributed by atoms with Crippen molar-refractivity contribution in [3.63, 3.8) is 0 Å². The number of benzene rings is 2. The molecule has 0 radical (unpaired) electrons. The van der Waals surface area contributed by atoms with E-state index in [0.717, 1.165) is 51.5 Å². The molecule has 300 valence electrons. The molecule has 0 bridgehead atoms. The first-order valence-corrected chi connectivity index (χ1v) is 20.9. The van der Waals surface area contributed by atoms with E-state index in [2.05, 4.69) is 133 Å². The van der Waals surface area contributed by atoms with E-state index in [-0.39, 0.29) is 22.8 Å². The Morgan fingerprint density at radius 1 is 0.839 bits per heavy atom. The maximum absolute atomic E-state index is 12.5. The summed E-state index contributed by atoms with van der Waals surface area (Å²) in [7, 11) is 2.16. The summed E-state index contributed by atoms with van der Waals surface area (Å²) in [5, 5.41) is 5.73. The quantitative estimate of drug-likeness (QED) is 0.0863. The standard InChI is InChI=1S/C47H62N4O5/c1-46(2)38-20-12-14-22-40(38)50(5)42(46)24-17-25-43-47(3,4)39-21-13-15-23-41(39)51(43)29-16-8-11-26-44(52)48-27-30-54-32-33-55-31-28-49-45(53)56-34-37-35-18-9-6-7-10-19-36(35)37/h12-15,17,20-25,35-37H,8-11,16,18-19,26-34H2,1-5H3,(H-,48,49,52,53)/p+1/t35-,36+,37?. The van der Waals surface area contributed by atoms with E-state index in [1.54, 1.807) is 0 Å². The van der Waals surface area contributed by atoms with Crippen LogP contribution >= 0.6 is 0 Å². The van der Waals surface area contributed by atoms with Crippen LogP contribution in [0.15, 0.2) is 72.5 Å². The van der Waals surface area contributed by atoms with Crippen LogP contribution in [0.4, 0.5) is 16.2 Å². The van der Waals surface area contributed by atoms with Crippen LogP contribution in [0.25, 0.3) is 0 Å². The first-order valence-electron chi connectivity index (χ1n) is 20.9. The van der Waals surface area contributed by atoms with Gasteiger partial charge < -0.3 is 29.7 Å². The largest absolute Gasteiger partial charge is 0.449 e. The van der Waals surface area contributed by atoms with Gasteiger partial charge in [0, 0.05) is 73.4 Å². The van der Waals surface area contributed by atoms with Gasteiger partial charge in [-0.05, 0) is 75.0 Å². The molecule has 56 heavy (non-hydrogen) atoms. The number of hydrogen-bond donors (Lipinski definition) is 2. The van der Waals surface area contributed by atoms with Crippen LogP contribution in [0, 0.1) is 29.6 Å². The third-order valence-electron chi connectivity index (χ3n) is 12.2. The number of nitrogens with one attached hydrogen (secondary N) is 2. The van der Waals surface area contributed by atoms with Crippen LogP contribution in [-0.2, 0) is 29.8 Å². The summed E-state index contributed by atoms with van der Waals surface area (Å²) in [6.07, 6.45) is 13.9. The number of para-hydroxylation sites is 2. The summed E-state index contributed by atoms with van der Waals surface area (Å²) in [5.41, 5.74) is 7.67. The van der Waals surface area contributed by atoms with Crippen molar-refractivity contribution < 1.29 is 28.4 Å². The maximum Gasteiger partial charge on any atom is 0.407 e. The van der Waals surface area contributed by atoms with Gasteiger partial charge >= 0.3 is 6.09 Å². The zero-order chi connectivity index (χ0) is 39.5. The van der Waals surface area contributed by atoms with Crippen LogP contribution in [0.1, 0.15) is 90.2 Å². The van der Waals surface area contributed by atoms with E-state index in [0.29, 0.717) is 70.3 Å². The van der Waals surface area contributed by atoms with E-state index in [1.807, 2.05) is 0 Å². The van der Waals surface area contributed by atoms with E-state index >= 15 is 0 Å². The van der Waals surface area contributed by atoms with Gasteiger partial charge in [-0.1, -0.05) is 62.7 Å². The molecule has 2 aliphatic heterocycles. The molecule has 2 amide bonds. The zero-order valence-corrected chi connectivity index (χ0v) is 34.3. The Labute approximate surface area is 334 Å². The van der Waals surface area contributed by atoms with E-state index in [9.17, 15) is 9.59 Å². The van der Waals surface area contributed by atoms with E-state index in [4.69, 9.17) is 14.2 Å². The van der Waals surface area contributed by atoms with Gasteiger partial charge in [-0.25, -0.2) is 4.79 Å². The highest BCUT2D eigenvalue weighted by atomic mass is 16.6. The fraction of sp³-hybridized carbons (Fsp3) is 0.553. The molecule has 1 unspecified atom stereocenters. The first-order chi connectivity index (χ1) is 27.1. The molecule has 6 rings (SSSR count). The molecule has 2 aromatic rings. The van der Waals surface area contributed by atoms with Gasteiger partial charge in [-0.3, -0.25) is 4.79 Å². The van der Waals surface area contributed by atoms with Crippen molar-refractivity contribution in [1.29, 1.82) is 0 Å². The molecule has 0 aromatic heterocycles. The van der Waals surface area contributed by atoms with Crippen molar-refractivity contribution >= 4 is 29.1 Å². The average Bonchev–Trinajstić information content (AvgIpc) is 3.71. The molecule has 2 N–H and O–H groups in total. The van der Waals surface area contributed by atoms with Gasteiger partial charge in [-0.15, -0.1) is 11.8 Å². The van der Waals surface area contributed by atoms with Crippen molar-refractivity contribution in [2.24, 2.45) is 17.8 Å². The van der Waals surface area contributed by atoms with Crippen LogP contribution in [0.5, 0.6) is 0 Å². The predicted octanol–water partition coefficient (Wildman–Crippen LogP) is 7.81. The SMILES string of the molecule is C[N+]1=C(/C=C/C=C2/N(CCCCCC(=O)NCCOCCOCCNC(=O)OCC3[C@H]4CCC#CCC[C@@H]34)c3ccccc3C2(C)C)C(C)(C)c2ccccc21. The Bertz CT molecular complexity index is 1830. The minimum absolute atomic E-state index is 0.0566. The van der Waals surface area contributed by atoms with Crippen LogP contribution < -0.4 is 15.5 Å². The third-order valence-corrected chi connectivity index (χ3v) is 12.2. The fourth-order valence-corrected chi connectivity index (χ4v) is 9.05. The smallest absolute Gasteiger partial charge is 0.407 e. The zero-order valence-electron chi connectivity index (χ0n) is 34.3. The molecule has 2 aromatic carbocycles. The Balaban J connectivity index is 0.825. The number of carbonyl (C=O) groups excluding carboxylic acids is 2. The van der Waals surface area contributed by atoms with Gasteiger partial charge in [0.1, 0.15) is 7.05 Å². The number of nitrogens with zero attached hydrogens (tertiary/aromatic N) is 2. The topological polar surface area (TPSA) is 92.1 Å². The molecule has 2 heterocycles. The molecule has 4 aliphatic rings. The summed E-state index contributed by atoms with van der Waals surface area (Å²) < 4.78 is 18.9. The van der Waals surface area contributed by atoms with Gasteiger partial charge in [0.2, 0.25) is 11.6 Å². The van der Waals surface area contributed by atoms with E-state index < -0.39 is 0 Å². The molecule has 1 fully saturated rings. The first kappa shape index (κ1) is 41.2. The van der Waals surface area contributed by atoms with Crippen LogP contribution in [0.3, 0.4) is 0 Å². The highest BCUT2D eigenvalue weighted by Gasteiger charge is 2.49. The Kier molecular flexibility index (Phi) is 14.1. The Morgan fingerprint density at radius 2 is 1.50 bits per heavy atom. The number of unbranched alkanes of at least 4 members (excludes halogenated alkanes) is 2. The van der Waals surface area contributed by atoms with E-state index in [1.165, 1.54) is 33.9 Å². The number of rotatable bonds is 19. The molecule has 9 nitrogen and oxygen atoms in total. The number of anilines is 1. The Hall–Kier alpha value is -4.39. The third kappa shape index (κ3) is 9.94. The fourth-order valence-electron chi connectivity index (χ4n) is 9.05. The number of hydrogen-bond acceptors (Lipinski definition) is 6. The second-order valence-corrected chi connectivity index (χ2v) is 16.6. The lowest BCUT2D eigenvalue weighted by molar-refractivity contribution is -0.401. The molecule has 0 saturated heterocycles. The molecular formula is C47H63N4O5+. The normalized spacial score (nSPS) is 22.1. The predicted molar refractivity (Wildman–Crippen MR) is 224 cm³/mol. The Morgan fingerprint density at radius 3 is 2.21 bits per heavy atom. The number of alkyl carbamates (subject to hydrolysis) is 1. The summed E-state index contributed by atoms with van der Waals surface area (Å²) in [4.78, 5) is 27.0. The summed E-state index contributed by atoms with van der Waals surface area (Å²) in [6.45, 7) is 13.2. The molecule has 2 aliphatic carbocycles. The second kappa shape index (κ2) is 19.2. The van der Waals surface area contributed by atoms with Crippen molar-refractivity contribution in [3.8, 4) is 11.8 Å². The van der Waals surface area contributed by atoms with Gasteiger partial charge in [0.05, 0.1) is 38.4 Å². The molecule has 9 heteroatoms. The summed E-state index contributed by atoms with van der Waals surface area (Å²) >= 11 is 0. The maximum atomic E-state index is 12.5. The number of ether oxygens (including phenoxy) is 3. The van der Waals surface area contributed by atoms with Crippen LogP contribution in [-0.4, -0.2) is 82.0 Å². The number of fused-ring (bicyclic) bond motifs is 3. The van der Waals surface area contributed by atoms with Crippen molar-refractivity contribution in [2.75, 3.05) is 64.6 Å². The molecule has 0 spiro atoms. The number of allylic oxidation sites excluding steroid dienone is 4. The second-order valence-electron chi connectivity index (χ2n) is 16.6.